The van der Waals surface area contributed by atoms with Crippen molar-refractivity contribution in [2.75, 3.05) is 5.32 Å². The molecule has 0 saturated carbocycles. The topological polar surface area (TPSA) is 29.1 Å². The molecule has 0 aliphatic heterocycles. The van der Waals surface area contributed by atoms with Crippen molar-refractivity contribution >= 4 is 23.2 Å². The fourth-order valence-corrected chi connectivity index (χ4v) is 2.69. The summed E-state index contributed by atoms with van der Waals surface area (Å²) >= 11 is 0. The highest BCUT2D eigenvalue weighted by molar-refractivity contribution is 6.29. The van der Waals surface area contributed by atoms with Gasteiger partial charge in [-0.2, -0.15) is 0 Å². The predicted molar refractivity (Wildman–Crippen MR) is 105 cm³/mol. The van der Waals surface area contributed by atoms with E-state index < -0.39 is 0 Å². The van der Waals surface area contributed by atoms with Crippen LogP contribution in [0.1, 0.15) is 22.3 Å². The Hall–Kier alpha value is -3.13. The smallest absolute Gasteiger partial charge is 0.256 e. The van der Waals surface area contributed by atoms with E-state index in [0.717, 1.165) is 27.9 Å². The van der Waals surface area contributed by atoms with Crippen molar-refractivity contribution < 1.29 is 4.79 Å². The highest BCUT2D eigenvalue weighted by Crippen LogP contribution is 2.23. The zero-order chi connectivity index (χ0) is 17.6. The maximum absolute atomic E-state index is 13.0. The van der Waals surface area contributed by atoms with Crippen molar-refractivity contribution in [1.29, 1.82) is 0 Å². The van der Waals surface area contributed by atoms with Crippen LogP contribution in [0.25, 0.3) is 11.6 Å². The average molecular weight is 327 g/mol. The van der Waals surface area contributed by atoms with Gasteiger partial charge in [0.1, 0.15) is 0 Å². The highest BCUT2D eigenvalue weighted by Gasteiger charge is 2.14. The number of nitrogens with one attached hydrogen (secondary N) is 1. The molecule has 0 saturated heterocycles. The van der Waals surface area contributed by atoms with Crippen molar-refractivity contribution in [2.24, 2.45) is 0 Å². The van der Waals surface area contributed by atoms with Crippen LogP contribution >= 0.6 is 0 Å². The molecule has 3 rings (SSSR count). The van der Waals surface area contributed by atoms with Gasteiger partial charge in [0.2, 0.25) is 0 Å². The number of carbonyl (C=O) groups is 1. The minimum Gasteiger partial charge on any atom is -0.322 e. The number of anilines is 1. The van der Waals surface area contributed by atoms with Gasteiger partial charge in [0.05, 0.1) is 0 Å². The van der Waals surface area contributed by atoms with E-state index >= 15 is 0 Å². The molecule has 0 heterocycles. The summed E-state index contributed by atoms with van der Waals surface area (Å²) < 4.78 is 0. The van der Waals surface area contributed by atoms with Crippen LogP contribution in [0.2, 0.25) is 0 Å². The fraction of sp³-hybridized carbons (Fsp3) is 0.0870. The summed E-state index contributed by atoms with van der Waals surface area (Å²) in [5, 5.41) is 3.01. The molecule has 1 amide bonds. The molecular weight excluding hydrogens is 306 g/mol. The second-order valence-electron chi connectivity index (χ2n) is 6.10. The summed E-state index contributed by atoms with van der Waals surface area (Å²) in [6, 6.07) is 25.7. The first-order valence-corrected chi connectivity index (χ1v) is 8.34. The molecule has 0 radical (unpaired) electrons. The largest absolute Gasteiger partial charge is 0.322 e. The molecule has 0 bridgehead atoms. The highest BCUT2D eigenvalue weighted by atomic mass is 16.1. The molecule has 0 aromatic heterocycles. The zero-order valence-corrected chi connectivity index (χ0v) is 14.5. The van der Waals surface area contributed by atoms with Gasteiger partial charge in [-0.1, -0.05) is 72.3 Å². The first-order valence-electron chi connectivity index (χ1n) is 8.34. The predicted octanol–water partition coefficient (Wildman–Crippen LogP) is 5.48. The SMILES string of the molecule is Cc1ccc(NC(=O)C(=Cc2ccccc2)c2ccccc2C)cc1. The lowest BCUT2D eigenvalue weighted by Crippen LogP contribution is -2.14. The van der Waals surface area contributed by atoms with Crippen LogP contribution in [0.3, 0.4) is 0 Å². The van der Waals surface area contributed by atoms with E-state index in [-0.39, 0.29) is 5.91 Å². The van der Waals surface area contributed by atoms with Crippen molar-refractivity contribution in [1.82, 2.24) is 0 Å². The van der Waals surface area contributed by atoms with Crippen molar-refractivity contribution in [3.63, 3.8) is 0 Å². The van der Waals surface area contributed by atoms with Crippen LogP contribution in [0.15, 0.2) is 78.9 Å². The Kier molecular flexibility index (Phi) is 5.10. The molecule has 2 heteroatoms. The molecular formula is C23H21NO. The molecule has 0 spiro atoms. The third-order valence-corrected chi connectivity index (χ3v) is 4.10. The molecule has 0 fully saturated rings. The van der Waals surface area contributed by atoms with Crippen molar-refractivity contribution in [3.05, 3.63) is 101 Å². The monoisotopic (exact) mass is 327 g/mol. The second kappa shape index (κ2) is 7.63. The molecule has 0 aliphatic rings. The van der Waals surface area contributed by atoms with Gasteiger partial charge in [-0.05, 0) is 48.7 Å². The standard InChI is InChI=1S/C23H21NO/c1-17-12-14-20(15-13-17)24-23(25)22(16-19-9-4-3-5-10-19)21-11-7-6-8-18(21)2/h3-16H,1-2H3,(H,24,25). The van der Waals surface area contributed by atoms with E-state index in [0.29, 0.717) is 5.57 Å². The maximum atomic E-state index is 13.0. The Bertz CT molecular complexity index is 893. The van der Waals surface area contributed by atoms with Crippen LogP contribution in [0.4, 0.5) is 5.69 Å². The Morgan fingerprint density at radius 1 is 0.800 bits per heavy atom. The molecule has 25 heavy (non-hydrogen) atoms. The minimum atomic E-state index is -0.109. The van der Waals surface area contributed by atoms with Gasteiger partial charge in [-0.25, -0.2) is 0 Å². The Labute approximate surface area is 148 Å². The molecule has 0 atom stereocenters. The lowest BCUT2D eigenvalue weighted by atomic mass is 9.97. The number of amides is 1. The molecule has 3 aromatic rings. The van der Waals surface area contributed by atoms with E-state index in [1.54, 1.807) is 0 Å². The second-order valence-corrected chi connectivity index (χ2v) is 6.10. The molecule has 2 nitrogen and oxygen atoms in total. The lowest BCUT2D eigenvalue weighted by molar-refractivity contribution is -0.111. The van der Waals surface area contributed by atoms with Crippen LogP contribution in [-0.4, -0.2) is 5.91 Å². The summed E-state index contributed by atoms with van der Waals surface area (Å²) in [7, 11) is 0. The summed E-state index contributed by atoms with van der Waals surface area (Å²) in [5.74, 6) is -0.109. The molecule has 0 unspecified atom stereocenters. The zero-order valence-electron chi connectivity index (χ0n) is 14.5. The van der Waals surface area contributed by atoms with Gasteiger partial charge in [-0.15, -0.1) is 0 Å². The average Bonchev–Trinajstić information content (AvgIpc) is 2.63. The number of hydrogen-bond acceptors (Lipinski definition) is 1. The van der Waals surface area contributed by atoms with Crippen molar-refractivity contribution in [2.45, 2.75) is 13.8 Å². The van der Waals surface area contributed by atoms with Crippen LogP contribution in [0, 0.1) is 13.8 Å². The number of hydrogen-bond donors (Lipinski definition) is 1. The quantitative estimate of drug-likeness (QED) is 0.499. The van der Waals surface area contributed by atoms with Gasteiger partial charge in [0.15, 0.2) is 0 Å². The van der Waals surface area contributed by atoms with Crippen LogP contribution in [0.5, 0.6) is 0 Å². The Morgan fingerprint density at radius 3 is 2.12 bits per heavy atom. The number of aryl methyl sites for hydroxylation is 2. The maximum Gasteiger partial charge on any atom is 0.256 e. The summed E-state index contributed by atoms with van der Waals surface area (Å²) in [5.41, 5.74) is 5.63. The number of carbonyl (C=O) groups excluding carboxylic acids is 1. The number of rotatable bonds is 4. The lowest BCUT2D eigenvalue weighted by Gasteiger charge is -2.12. The van der Waals surface area contributed by atoms with E-state index in [2.05, 4.69) is 5.32 Å². The van der Waals surface area contributed by atoms with E-state index in [4.69, 9.17) is 0 Å². The van der Waals surface area contributed by atoms with Crippen LogP contribution < -0.4 is 5.32 Å². The van der Waals surface area contributed by atoms with Gasteiger partial charge < -0.3 is 5.32 Å². The Balaban J connectivity index is 1.99. The summed E-state index contributed by atoms with van der Waals surface area (Å²) in [4.78, 5) is 13.0. The minimum absolute atomic E-state index is 0.109. The Morgan fingerprint density at radius 2 is 1.44 bits per heavy atom. The number of benzene rings is 3. The van der Waals surface area contributed by atoms with E-state index in [1.165, 1.54) is 0 Å². The molecule has 124 valence electrons. The van der Waals surface area contributed by atoms with Crippen LogP contribution in [-0.2, 0) is 4.79 Å². The van der Waals surface area contributed by atoms with E-state index in [9.17, 15) is 4.79 Å². The van der Waals surface area contributed by atoms with E-state index in [1.807, 2.05) is 98.8 Å². The molecule has 1 N–H and O–H groups in total. The molecule has 0 aliphatic carbocycles. The summed E-state index contributed by atoms with van der Waals surface area (Å²) in [6.07, 6.45) is 1.94. The van der Waals surface area contributed by atoms with Gasteiger partial charge in [-0.3, -0.25) is 4.79 Å². The third-order valence-electron chi connectivity index (χ3n) is 4.10. The fourth-order valence-electron chi connectivity index (χ4n) is 2.69. The first kappa shape index (κ1) is 16.7. The van der Waals surface area contributed by atoms with Gasteiger partial charge in [0.25, 0.3) is 5.91 Å². The molecule has 3 aromatic carbocycles. The first-order chi connectivity index (χ1) is 12.1. The third kappa shape index (κ3) is 4.24. The summed E-state index contributed by atoms with van der Waals surface area (Å²) in [6.45, 7) is 4.05. The van der Waals surface area contributed by atoms with Crippen molar-refractivity contribution in [3.8, 4) is 0 Å². The van der Waals surface area contributed by atoms with Gasteiger partial charge >= 0.3 is 0 Å². The normalized spacial score (nSPS) is 11.2. The van der Waals surface area contributed by atoms with Gasteiger partial charge in [0, 0.05) is 11.3 Å².